The van der Waals surface area contributed by atoms with Crippen LogP contribution in [-0.2, 0) is 0 Å². The van der Waals surface area contributed by atoms with Gasteiger partial charge in [0.2, 0.25) is 0 Å². The Balaban J connectivity index is 2.32. The molecule has 142 valence electrons. The van der Waals surface area contributed by atoms with Gasteiger partial charge < -0.3 is 9.67 Å². The van der Waals surface area contributed by atoms with Crippen molar-refractivity contribution in [3.63, 3.8) is 0 Å². The maximum atomic E-state index is 11.6. The Hall–Kier alpha value is -3.04. The monoisotopic (exact) mass is 391 g/mol. The third kappa shape index (κ3) is 3.67. The van der Waals surface area contributed by atoms with Crippen LogP contribution in [-0.4, -0.2) is 15.6 Å². The first-order chi connectivity index (χ1) is 13.5. The Morgan fingerprint density at radius 2 is 1.79 bits per heavy atom. The van der Waals surface area contributed by atoms with Crippen LogP contribution in [0.1, 0.15) is 35.6 Å². The van der Waals surface area contributed by atoms with E-state index in [9.17, 15) is 9.90 Å². The third-order valence-electron chi connectivity index (χ3n) is 4.72. The van der Waals surface area contributed by atoms with Crippen molar-refractivity contribution in [2.24, 2.45) is 0 Å². The van der Waals surface area contributed by atoms with Crippen molar-refractivity contribution >= 4 is 23.1 Å². The van der Waals surface area contributed by atoms with E-state index in [1.54, 1.807) is 12.1 Å². The molecule has 0 saturated heterocycles. The molecule has 0 unspecified atom stereocenters. The number of aromatic nitrogens is 1. The topological polar surface area (TPSA) is 42.2 Å². The Bertz CT molecular complexity index is 1080. The van der Waals surface area contributed by atoms with Gasteiger partial charge in [0.15, 0.2) is 0 Å². The second-order valence-corrected chi connectivity index (χ2v) is 6.85. The zero-order chi connectivity index (χ0) is 20.3. The van der Waals surface area contributed by atoms with Gasteiger partial charge in [-0.05, 0) is 56.2 Å². The lowest BCUT2D eigenvalue weighted by molar-refractivity contribution is 0.0697. The van der Waals surface area contributed by atoms with Gasteiger partial charge in [-0.15, -0.1) is 0 Å². The minimum atomic E-state index is -1.04. The van der Waals surface area contributed by atoms with Crippen LogP contribution in [0, 0.1) is 6.92 Å². The number of hydrogen-bond donors (Lipinski definition) is 1. The molecule has 4 heteroatoms. The molecule has 1 aromatic heterocycles. The molecule has 0 amide bonds. The second-order valence-electron chi connectivity index (χ2n) is 6.44. The van der Waals surface area contributed by atoms with Gasteiger partial charge >= 0.3 is 5.97 Å². The first-order valence-electron chi connectivity index (χ1n) is 9.08. The average molecular weight is 392 g/mol. The molecule has 0 atom stereocenters. The number of rotatable bonds is 5. The molecule has 0 saturated carbocycles. The lowest BCUT2D eigenvalue weighted by atomic mass is 10.1. The number of benzene rings is 2. The molecule has 0 fully saturated rings. The Kier molecular flexibility index (Phi) is 5.86. The maximum Gasteiger partial charge on any atom is 0.337 e. The SMILES string of the molecule is C/C=C\C(=C/C)c1cc(-c2ccccc2)c(C)n1-c1ccc(Cl)c(C(=O)O)c1. The molecule has 1 heterocycles. The Morgan fingerprint density at radius 1 is 1.07 bits per heavy atom. The van der Waals surface area contributed by atoms with Crippen molar-refractivity contribution in [3.8, 4) is 16.8 Å². The lowest BCUT2D eigenvalue weighted by Crippen LogP contribution is -2.05. The summed E-state index contributed by atoms with van der Waals surface area (Å²) in [5.41, 5.74) is 6.15. The zero-order valence-corrected chi connectivity index (χ0v) is 16.9. The van der Waals surface area contributed by atoms with E-state index in [2.05, 4.69) is 22.8 Å². The molecule has 0 aliphatic carbocycles. The molecule has 3 aromatic rings. The molecule has 0 aliphatic rings. The summed E-state index contributed by atoms with van der Waals surface area (Å²) in [7, 11) is 0. The molecule has 0 radical (unpaired) electrons. The van der Waals surface area contributed by atoms with Gasteiger partial charge in [-0.1, -0.05) is 60.2 Å². The van der Waals surface area contributed by atoms with E-state index in [1.807, 2.05) is 63.3 Å². The van der Waals surface area contributed by atoms with E-state index < -0.39 is 5.97 Å². The maximum absolute atomic E-state index is 11.6. The number of allylic oxidation sites excluding steroid dienone is 4. The lowest BCUT2D eigenvalue weighted by Gasteiger charge is -2.14. The highest BCUT2D eigenvalue weighted by molar-refractivity contribution is 6.33. The standard InChI is InChI=1S/C24H22ClNO2/c1-4-9-17(5-2)23-15-20(18-10-7-6-8-11-18)16(3)26(23)19-12-13-22(25)21(14-19)24(27)28/h4-15H,1-3H3,(H,27,28)/b9-4-,17-5+. The molecule has 0 spiro atoms. The molecule has 3 rings (SSSR count). The summed E-state index contributed by atoms with van der Waals surface area (Å²) < 4.78 is 2.08. The van der Waals surface area contributed by atoms with E-state index >= 15 is 0 Å². The van der Waals surface area contributed by atoms with Crippen LogP contribution in [0.3, 0.4) is 0 Å². The molecular weight excluding hydrogens is 370 g/mol. The second kappa shape index (κ2) is 8.32. The molecule has 28 heavy (non-hydrogen) atoms. The quantitative estimate of drug-likeness (QED) is 0.487. The van der Waals surface area contributed by atoms with Crippen LogP contribution in [0.5, 0.6) is 0 Å². The van der Waals surface area contributed by atoms with Crippen molar-refractivity contribution < 1.29 is 9.90 Å². The number of carbonyl (C=O) groups is 1. The average Bonchev–Trinajstić information content (AvgIpc) is 3.04. The van der Waals surface area contributed by atoms with Crippen molar-refractivity contribution in [1.82, 2.24) is 4.57 Å². The summed E-state index contributed by atoms with van der Waals surface area (Å²) >= 11 is 6.09. The summed E-state index contributed by atoms with van der Waals surface area (Å²) in [5, 5.41) is 9.71. The minimum absolute atomic E-state index is 0.0903. The first kappa shape index (κ1) is 19.7. The predicted octanol–water partition coefficient (Wildman–Crippen LogP) is 6.78. The molecular formula is C24H22ClNO2. The van der Waals surface area contributed by atoms with Crippen LogP contribution in [0.25, 0.3) is 22.4 Å². The van der Waals surface area contributed by atoms with Crippen LogP contribution >= 0.6 is 11.6 Å². The van der Waals surface area contributed by atoms with Crippen LogP contribution in [0.15, 0.2) is 72.8 Å². The van der Waals surface area contributed by atoms with Gasteiger partial charge in [-0.2, -0.15) is 0 Å². The van der Waals surface area contributed by atoms with Crippen molar-refractivity contribution in [3.05, 3.63) is 94.8 Å². The number of halogens is 1. The fourth-order valence-corrected chi connectivity index (χ4v) is 3.59. The van der Waals surface area contributed by atoms with Gasteiger partial charge in [0.05, 0.1) is 16.3 Å². The van der Waals surface area contributed by atoms with Gasteiger partial charge in [0, 0.05) is 16.9 Å². The van der Waals surface area contributed by atoms with Gasteiger partial charge in [0.25, 0.3) is 0 Å². The van der Waals surface area contributed by atoms with Crippen molar-refractivity contribution in [2.45, 2.75) is 20.8 Å². The smallest absolute Gasteiger partial charge is 0.337 e. The van der Waals surface area contributed by atoms with E-state index in [-0.39, 0.29) is 10.6 Å². The predicted molar refractivity (Wildman–Crippen MR) is 116 cm³/mol. The Labute approximate surface area is 170 Å². The largest absolute Gasteiger partial charge is 0.478 e. The first-order valence-corrected chi connectivity index (χ1v) is 9.46. The van der Waals surface area contributed by atoms with Crippen LogP contribution in [0.2, 0.25) is 5.02 Å². The van der Waals surface area contributed by atoms with E-state index in [4.69, 9.17) is 11.6 Å². The molecule has 0 bridgehead atoms. The zero-order valence-electron chi connectivity index (χ0n) is 16.1. The highest BCUT2D eigenvalue weighted by Crippen LogP contribution is 2.34. The third-order valence-corrected chi connectivity index (χ3v) is 5.05. The highest BCUT2D eigenvalue weighted by Gasteiger charge is 2.18. The number of hydrogen-bond acceptors (Lipinski definition) is 1. The van der Waals surface area contributed by atoms with Gasteiger partial charge in [-0.3, -0.25) is 0 Å². The van der Waals surface area contributed by atoms with Gasteiger partial charge in [0.1, 0.15) is 0 Å². The van der Waals surface area contributed by atoms with E-state index in [0.717, 1.165) is 33.8 Å². The summed E-state index contributed by atoms with van der Waals surface area (Å²) in [4.78, 5) is 11.6. The fourth-order valence-electron chi connectivity index (χ4n) is 3.39. The van der Waals surface area contributed by atoms with Crippen molar-refractivity contribution in [1.29, 1.82) is 0 Å². The highest BCUT2D eigenvalue weighted by atomic mass is 35.5. The number of carboxylic acid groups (broad SMARTS) is 1. The molecule has 1 N–H and O–H groups in total. The normalized spacial score (nSPS) is 11.9. The van der Waals surface area contributed by atoms with Crippen LogP contribution < -0.4 is 0 Å². The van der Waals surface area contributed by atoms with E-state index in [0.29, 0.717) is 0 Å². The molecule has 3 nitrogen and oxygen atoms in total. The minimum Gasteiger partial charge on any atom is -0.478 e. The Morgan fingerprint density at radius 3 is 2.39 bits per heavy atom. The number of aromatic carboxylic acids is 1. The number of nitrogens with zero attached hydrogens (tertiary/aromatic N) is 1. The van der Waals surface area contributed by atoms with E-state index in [1.165, 1.54) is 0 Å². The summed E-state index contributed by atoms with van der Waals surface area (Å²) in [6.45, 7) is 6.02. The van der Waals surface area contributed by atoms with Crippen LogP contribution in [0.4, 0.5) is 0 Å². The van der Waals surface area contributed by atoms with Gasteiger partial charge in [-0.25, -0.2) is 4.79 Å². The van der Waals surface area contributed by atoms with Crippen molar-refractivity contribution in [2.75, 3.05) is 0 Å². The molecule has 2 aromatic carbocycles. The summed E-state index contributed by atoms with van der Waals surface area (Å²) in [6, 6.07) is 17.4. The fraction of sp³-hybridized carbons (Fsp3) is 0.125. The summed E-state index contributed by atoms with van der Waals surface area (Å²) in [6.07, 6.45) is 6.09. The number of carboxylic acids is 1. The summed E-state index contributed by atoms with van der Waals surface area (Å²) in [5.74, 6) is -1.04. The molecule has 0 aliphatic heterocycles.